The molecule has 5 aromatic rings. The molecule has 1 saturated carbocycles. The van der Waals surface area contributed by atoms with E-state index >= 15 is 0 Å². The molecular formula is C45H52O8S4. The molecule has 1 aliphatic heterocycles. The van der Waals surface area contributed by atoms with E-state index in [-0.39, 0.29) is 41.6 Å². The Hall–Kier alpha value is -3.94. The Morgan fingerprint density at radius 2 is 1.14 bits per heavy atom. The fourth-order valence-electron chi connectivity index (χ4n) is 7.60. The number of allylic oxidation sites excluding steroid dienone is 1. The summed E-state index contributed by atoms with van der Waals surface area (Å²) in [6.45, 7) is 21.5. The number of rotatable bonds is 11. The molecule has 4 aromatic heterocycles. The van der Waals surface area contributed by atoms with Crippen LogP contribution in [0.3, 0.4) is 0 Å². The highest BCUT2D eigenvalue weighted by atomic mass is 32.1. The summed E-state index contributed by atoms with van der Waals surface area (Å²) >= 11 is 6.46. The maximum Gasteiger partial charge on any atom is 0.181 e. The summed E-state index contributed by atoms with van der Waals surface area (Å²) in [4.78, 5) is 7.61. The molecule has 1 aromatic carbocycles. The Balaban J connectivity index is 0.00000244. The van der Waals surface area contributed by atoms with E-state index in [2.05, 4.69) is 33.8 Å². The quantitative estimate of drug-likeness (QED) is 0.136. The van der Waals surface area contributed by atoms with Crippen molar-refractivity contribution in [3.8, 4) is 74.2 Å². The summed E-state index contributed by atoms with van der Waals surface area (Å²) in [6.07, 6.45) is 4.06. The number of methoxy groups -OCH3 is 2. The van der Waals surface area contributed by atoms with E-state index < -0.39 is 0 Å². The molecule has 5 heterocycles. The minimum absolute atomic E-state index is 0.00954. The van der Waals surface area contributed by atoms with E-state index in [0.29, 0.717) is 34.5 Å². The second-order valence-electron chi connectivity index (χ2n) is 14.7. The number of thiophene rings is 4. The normalized spacial score (nSPS) is 18.2. The molecule has 3 unspecified atom stereocenters. The Kier molecular flexibility index (Phi) is 11.8. The molecule has 0 amide bonds. The van der Waals surface area contributed by atoms with Gasteiger partial charge in [0.25, 0.3) is 0 Å². The average molecular weight is 849 g/mol. The number of aromatic hydroxyl groups is 2. The molecule has 0 radical (unpaired) electrons. The van der Waals surface area contributed by atoms with Crippen LogP contribution in [0.25, 0.3) is 45.3 Å². The van der Waals surface area contributed by atoms with Crippen LogP contribution in [0.2, 0.25) is 0 Å². The first-order valence-corrected chi connectivity index (χ1v) is 22.8. The third kappa shape index (κ3) is 7.05. The van der Waals surface area contributed by atoms with Gasteiger partial charge in [0.2, 0.25) is 0 Å². The van der Waals surface area contributed by atoms with Gasteiger partial charge >= 0.3 is 0 Å². The molecule has 2 aliphatic carbocycles. The van der Waals surface area contributed by atoms with Crippen molar-refractivity contribution in [2.45, 2.75) is 87.5 Å². The third-order valence-corrected chi connectivity index (χ3v) is 16.2. The second-order valence-corrected chi connectivity index (χ2v) is 18.8. The van der Waals surface area contributed by atoms with Gasteiger partial charge in [0.15, 0.2) is 23.0 Å². The number of hydrogen-bond donors (Lipinski definition) is 2. The van der Waals surface area contributed by atoms with Crippen LogP contribution < -0.4 is 18.9 Å². The largest absolute Gasteiger partial charge is 0.503 e. The lowest BCUT2D eigenvalue weighted by atomic mass is 10.0. The van der Waals surface area contributed by atoms with Gasteiger partial charge in [0, 0.05) is 34.3 Å². The summed E-state index contributed by atoms with van der Waals surface area (Å²) in [5.41, 5.74) is 6.35. The smallest absolute Gasteiger partial charge is 0.181 e. The van der Waals surface area contributed by atoms with Gasteiger partial charge < -0.3 is 38.6 Å². The third-order valence-electron chi connectivity index (χ3n) is 10.5. The minimum Gasteiger partial charge on any atom is -0.503 e. The van der Waals surface area contributed by atoms with Crippen molar-refractivity contribution in [3.05, 3.63) is 63.2 Å². The zero-order valence-corrected chi connectivity index (χ0v) is 37.9. The lowest BCUT2D eigenvalue weighted by molar-refractivity contribution is 0.156. The summed E-state index contributed by atoms with van der Waals surface area (Å²) in [6, 6.07) is 5.86. The zero-order chi connectivity index (χ0) is 41.0. The van der Waals surface area contributed by atoms with Crippen LogP contribution in [-0.2, 0) is 9.47 Å². The molecule has 3 atom stereocenters. The van der Waals surface area contributed by atoms with Gasteiger partial charge in [-0.15, -0.1) is 45.3 Å². The van der Waals surface area contributed by atoms with E-state index in [1.54, 1.807) is 48.2 Å². The molecule has 0 bridgehead atoms. The van der Waals surface area contributed by atoms with Gasteiger partial charge in [-0.05, 0) is 95.9 Å². The molecule has 0 saturated heterocycles. The fraction of sp³-hybridized carbons (Fsp3) is 0.422. The molecule has 304 valence electrons. The van der Waals surface area contributed by atoms with Crippen molar-refractivity contribution in [1.82, 2.24) is 0 Å². The van der Waals surface area contributed by atoms with Crippen molar-refractivity contribution < 1.29 is 38.6 Å². The van der Waals surface area contributed by atoms with Crippen LogP contribution in [-0.4, -0.2) is 56.0 Å². The Morgan fingerprint density at radius 3 is 1.70 bits per heavy atom. The standard InChI is InChI=1S/C43H46O8S4.C2H6/c1-18(2)50-26-13-11-12-25(46-9)29(26)41-34-35(49-17-16-48-34)43(55-41)39-23(8)21(6)37(53-39)36-20(5)22(7)38(52-36)42-32(45)31(44)40(54-42)30-27(51-19(3)4)15-14-24-28(30)33(24)47-10;1-2/h11-15,18-19,24,28,33,44-45H,16-17H2,1-10H3;1-2H3. The van der Waals surface area contributed by atoms with Crippen molar-refractivity contribution >= 4 is 50.9 Å². The zero-order valence-electron chi connectivity index (χ0n) is 34.7. The van der Waals surface area contributed by atoms with Gasteiger partial charge in [-0.2, -0.15) is 0 Å². The summed E-state index contributed by atoms with van der Waals surface area (Å²) in [7, 11) is 3.40. The lowest BCUT2D eigenvalue weighted by Gasteiger charge is -2.20. The van der Waals surface area contributed by atoms with E-state index in [9.17, 15) is 10.2 Å². The first kappa shape index (κ1) is 41.2. The van der Waals surface area contributed by atoms with Crippen LogP contribution in [0.1, 0.15) is 68.7 Å². The molecule has 12 heteroatoms. The lowest BCUT2D eigenvalue weighted by Crippen LogP contribution is -2.15. The summed E-state index contributed by atoms with van der Waals surface area (Å²) in [5.74, 6) is 3.70. The monoisotopic (exact) mass is 848 g/mol. The summed E-state index contributed by atoms with van der Waals surface area (Å²) < 4.78 is 36.9. The highest BCUT2D eigenvalue weighted by Crippen LogP contribution is 2.63. The molecule has 3 aliphatic rings. The first-order valence-electron chi connectivity index (χ1n) is 19.5. The minimum atomic E-state index is -0.106. The molecule has 0 spiro atoms. The van der Waals surface area contributed by atoms with Crippen LogP contribution in [0.5, 0.6) is 34.5 Å². The molecule has 8 nitrogen and oxygen atoms in total. The van der Waals surface area contributed by atoms with Crippen molar-refractivity contribution in [2.75, 3.05) is 27.4 Å². The van der Waals surface area contributed by atoms with Crippen molar-refractivity contribution in [3.63, 3.8) is 0 Å². The van der Waals surface area contributed by atoms with Crippen molar-refractivity contribution in [2.24, 2.45) is 11.8 Å². The number of fused-ring (bicyclic) bond motifs is 2. The van der Waals surface area contributed by atoms with Gasteiger partial charge in [0.05, 0.1) is 60.2 Å². The molecule has 57 heavy (non-hydrogen) atoms. The topological polar surface area (TPSA) is 95.8 Å². The molecule has 1 fully saturated rings. The van der Waals surface area contributed by atoms with E-state index in [1.165, 1.54) is 27.3 Å². The van der Waals surface area contributed by atoms with Gasteiger partial charge in [0.1, 0.15) is 30.5 Å². The summed E-state index contributed by atoms with van der Waals surface area (Å²) in [5, 5.41) is 23.1. The molecule has 2 N–H and O–H groups in total. The highest BCUT2D eigenvalue weighted by Gasteiger charge is 2.55. The number of ether oxygens (including phenoxy) is 6. The Labute approximate surface area is 351 Å². The van der Waals surface area contributed by atoms with Crippen molar-refractivity contribution in [1.29, 1.82) is 0 Å². The van der Waals surface area contributed by atoms with E-state index in [1.807, 2.05) is 65.8 Å². The predicted octanol–water partition coefficient (Wildman–Crippen LogP) is 12.8. The van der Waals surface area contributed by atoms with Crippen LogP contribution in [0, 0.1) is 39.5 Å². The fourth-order valence-corrected chi connectivity index (χ4v) is 13.3. The average Bonchev–Trinajstić information content (AvgIpc) is 3.30. The Bertz CT molecular complexity index is 2370. The van der Waals surface area contributed by atoms with Crippen LogP contribution in [0.15, 0.2) is 36.1 Å². The van der Waals surface area contributed by atoms with Crippen LogP contribution in [0.4, 0.5) is 0 Å². The van der Waals surface area contributed by atoms with Gasteiger partial charge in [-0.3, -0.25) is 0 Å². The maximum atomic E-state index is 11.6. The Morgan fingerprint density at radius 1 is 0.649 bits per heavy atom. The number of hydrogen-bond acceptors (Lipinski definition) is 12. The first-order chi connectivity index (χ1) is 27.4. The van der Waals surface area contributed by atoms with E-state index in [0.717, 1.165) is 63.9 Å². The van der Waals surface area contributed by atoms with Gasteiger partial charge in [-0.25, -0.2) is 0 Å². The SMILES string of the molecule is CC.COc1cccc(OC(C)C)c1-c1sc(-c2sc(-c3sc(-c4sc(C5=C(OC(C)C)C=CC6C(OC)C56)c(O)c4O)c(C)c3C)c(C)c2C)c2c1OCCO2. The molecule has 8 rings (SSSR count). The van der Waals surface area contributed by atoms with E-state index in [4.69, 9.17) is 28.4 Å². The molecular weight excluding hydrogens is 797 g/mol. The maximum absolute atomic E-state index is 11.6. The van der Waals surface area contributed by atoms with Crippen LogP contribution >= 0.6 is 45.3 Å². The highest BCUT2D eigenvalue weighted by molar-refractivity contribution is 7.30. The second kappa shape index (κ2) is 16.4. The number of benzene rings is 1. The van der Waals surface area contributed by atoms with Gasteiger partial charge in [-0.1, -0.05) is 26.0 Å². The predicted molar refractivity (Wildman–Crippen MR) is 237 cm³/mol.